The third-order valence-corrected chi connectivity index (χ3v) is 5.27. The highest BCUT2D eigenvalue weighted by atomic mass is 16.3. The summed E-state index contributed by atoms with van der Waals surface area (Å²) in [6, 6.07) is 23.2. The highest BCUT2D eigenvalue weighted by Crippen LogP contribution is 2.34. The molecule has 0 unspecified atom stereocenters. The standard InChI is InChI=1S/C22H23NO/c24-20-14-13-17-9-5-6-12-19(17)21(20)22(18-10-3-1-4-11-18)23-15-7-2-8-16-23/h1,3-6,9-14,22,24H,2,7-8,15-16H2/p+1/t22-/m1/s1. The maximum absolute atomic E-state index is 10.8. The number of phenolic OH excluding ortho intramolecular Hbond substituents is 1. The van der Waals surface area contributed by atoms with Gasteiger partial charge in [0.1, 0.15) is 11.8 Å². The summed E-state index contributed by atoms with van der Waals surface area (Å²) in [7, 11) is 0. The summed E-state index contributed by atoms with van der Waals surface area (Å²) in [5, 5.41) is 13.1. The molecule has 0 spiro atoms. The highest BCUT2D eigenvalue weighted by Gasteiger charge is 2.31. The molecule has 4 rings (SSSR count). The zero-order chi connectivity index (χ0) is 16.4. The van der Waals surface area contributed by atoms with Crippen molar-refractivity contribution in [1.29, 1.82) is 0 Å². The largest absolute Gasteiger partial charge is 0.507 e. The van der Waals surface area contributed by atoms with Crippen molar-refractivity contribution >= 4 is 10.8 Å². The van der Waals surface area contributed by atoms with E-state index in [2.05, 4.69) is 54.6 Å². The zero-order valence-corrected chi connectivity index (χ0v) is 13.9. The summed E-state index contributed by atoms with van der Waals surface area (Å²) in [5.74, 6) is 0.417. The second-order valence-electron chi connectivity index (χ2n) is 6.78. The fraction of sp³-hybridized carbons (Fsp3) is 0.273. The molecule has 2 nitrogen and oxygen atoms in total. The molecule has 2 heteroatoms. The van der Waals surface area contributed by atoms with Crippen molar-refractivity contribution < 1.29 is 10.0 Å². The number of phenols is 1. The number of aromatic hydroxyl groups is 1. The molecular formula is C22H24NO+. The second kappa shape index (κ2) is 6.66. The topological polar surface area (TPSA) is 24.7 Å². The third-order valence-electron chi connectivity index (χ3n) is 5.27. The fourth-order valence-electron chi connectivity index (χ4n) is 4.13. The van der Waals surface area contributed by atoms with Gasteiger partial charge in [0.05, 0.1) is 18.7 Å². The Balaban J connectivity index is 1.92. The minimum atomic E-state index is 0.192. The Bertz CT molecular complexity index is 822. The van der Waals surface area contributed by atoms with Crippen molar-refractivity contribution in [2.45, 2.75) is 25.3 Å². The van der Waals surface area contributed by atoms with E-state index < -0.39 is 0 Å². The number of quaternary nitrogens is 1. The predicted octanol–water partition coefficient (Wildman–Crippen LogP) is 3.70. The summed E-state index contributed by atoms with van der Waals surface area (Å²) in [6.45, 7) is 2.34. The first-order chi connectivity index (χ1) is 11.8. The summed E-state index contributed by atoms with van der Waals surface area (Å²) in [4.78, 5) is 1.57. The van der Waals surface area contributed by atoms with E-state index in [1.807, 2.05) is 12.1 Å². The van der Waals surface area contributed by atoms with E-state index in [1.54, 1.807) is 4.90 Å². The Morgan fingerprint density at radius 2 is 1.46 bits per heavy atom. The molecule has 1 aliphatic heterocycles. The van der Waals surface area contributed by atoms with Crippen LogP contribution in [0.15, 0.2) is 66.7 Å². The number of piperidine rings is 1. The molecule has 3 aromatic rings. The minimum absolute atomic E-state index is 0.192. The van der Waals surface area contributed by atoms with Gasteiger partial charge in [0.2, 0.25) is 0 Å². The maximum Gasteiger partial charge on any atom is 0.143 e. The van der Waals surface area contributed by atoms with Crippen molar-refractivity contribution in [3.63, 3.8) is 0 Å². The van der Waals surface area contributed by atoms with Gasteiger partial charge < -0.3 is 10.0 Å². The van der Waals surface area contributed by atoms with Crippen molar-refractivity contribution in [1.82, 2.24) is 0 Å². The quantitative estimate of drug-likeness (QED) is 0.756. The molecule has 1 saturated heterocycles. The van der Waals surface area contributed by atoms with Crippen LogP contribution in [0.1, 0.15) is 36.4 Å². The number of hydrogen-bond acceptors (Lipinski definition) is 1. The van der Waals surface area contributed by atoms with E-state index in [9.17, 15) is 5.11 Å². The number of fused-ring (bicyclic) bond motifs is 1. The van der Waals surface area contributed by atoms with Crippen LogP contribution < -0.4 is 4.90 Å². The Kier molecular flexibility index (Phi) is 4.22. The van der Waals surface area contributed by atoms with Gasteiger partial charge in [0, 0.05) is 5.56 Å². The van der Waals surface area contributed by atoms with E-state index in [-0.39, 0.29) is 6.04 Å². The molecule has 2 N–H and O–H groups in total. The van der Waals surface area contributed by atoms with Crippen LogP contribution in [0.25, 0.3) is 10.8 Å². The van der Waals surface area contributed by atoms with Crippen molar-refractivity contribution in [3.8, 4) is 5.75 Å². The van der Waals surface area contributed by atoms with E-state index >= 15 is 0 Å². The van der Waals surface area contributed by atoms with Gasteiger partial charge in [-0.05, 0) is 36.1 Å². The molecule has 122 valence electrons. The predicted molar refractivity (Wildman–Crippen MR) is 98.4 cm³/mol. The van der Waals surface area contributed by atoms with Crippen molar-refractivity contribution in [3.05, 3.63) is 77.9 Å². The number of hydrogen-bond donors (Lipinski definition) is 2. The molecule has 0 saturated carbocycles. The molecule has 3 aromatic carbocycles. The molecule has 24 heavy (non-hydrogen) atoms. The Hall–Kier alpha value is -2.32. The van der Waals surface area contributed by atoms with Crippen LogP contribution >= 0.6 is 0 Å². The Morgan fingerprint density at radius 1 is 0.750 bits per heavy atom. The molecule has 0 aromatic heterocycles. The van der Waals surface area contributed by atoms with Crippen LogP contribution in [0.4, 0.5) is 0 Å². The molecule has 0 aliphatic carbocycles. The first-order valence-electron chi connectivity index (χ1n) is 8.95. The number of rotatable bonds is 3. The molecule has 1 atom stereocenters. The summed E-state index contributed by atoms with van der Waals surface area (Å²) < 4.78 is 0. The monoisotopic (exact) mass is 318 g/mol. The van der Waals surface area contributed by atoms with Gasteiger partial charge in [-0.2, -0.15) is 0 Å². The van der Waals surface area contributed by atoms with Gasteiger partial charge >= 0.3 is 0 Å². The van der Waals surface area contributed by atoms with Crippen LogP contribution in [-0.4, -0.2) is 18.2 Å². The SMILES string of the molecule is Oc1ccc2ccccc2c1[C@@H](c1ccccc1)[NH+]1CCCCC1. The zero-order valence-electron chi connectivity index (χ0n) is 13.9. The van der Waals surface area contributed by atoms with Crippen molar-refractivity contribution in [2.75, 3.05) is 13.1 Å². The van der Waals surface area contributed by atoms with E-state index in [1.165, 1.54) is 48.7 Å². The van der Waals surface area contributed by atoms with Crippen LogP contribution in [0.5, 0.6) is 5.75 Å². The van der Waals surface area contributed by atoms with Crippen LogP contribution in [0.3, 0.4) is 0 Å². The highest BCUT2D eigenvalue weighted by molar-refractivity contribution is 5.88. The lowest BCUT2D eigenvalue weighted by atomic mass is 9.90. The molecular weight excluding hydrogens is 294 g/mol. The van der Waals surface area contributed by atoms with Gasteiger partial charge in [-0.25, -0.2) is 0 Å². The van der Waals surface area contributed by atoms with E-state index in [0.717, 1.165) is 5.56 Å². The lowest BCUT2D eigenvalue weighted by Crippen LogP contribution is -3.13. The Morgan fingerprint density at radius 3 is 2.25 bits per heavy atom. The first-order valence-corrected chi connectivity index (χ1v) is 8.95. The average molecular weight is 318 g/mol. The lowest BCUT2D eigenvalue weighted by molar-refractivity contribution is -0.930. The normalized spacial score (nSPS) is 17.0. The van der Waals surface area contributed by atoms with Gasteiger partial charge in [-0.1, -0.05) is 60.7 Å². The van der Waals surface area contributed by atoms with Gasteiger partial charge in [0.25, 0.3) is 0 Å². The molecule has 1 fully saturated rings. The summed E-state index contributed by atoms with van der Waals surface area (Å²) >= 11 is 0. The second-order valence-corrected chi connectivity index (χ2v) is 6.78. The Labute approximate surface area is 143 Å². The van der Waals surface area contributed by atoms with Gasteiger partial charge in [0.15, 0.2) is 0 Å². The molecule has 0 bridgehead atoms. The van der Waals surface area contributed by atoms with E-state index in [4.69, 9.17) is 0 Å². The third kappa shape index (κ3) is 2.78. The number of likely N-dealkylation sites (tertiary alicyclic amines) is 1. The molecule has 0 amide bonds. The van der Waals surface area contributed by atoms with Gasteiger partial charge in [-0.15, -0.1) is 0 Å². The van der Waals surface area contributed by atoms with Crippen LogP contribution in [0, 0.1) is 0 Å². The first kappa shape index (κ1) is 15.2. The number of nitrogens with one attached hydrogen (secondary N) is 1. The van der Waals surface area contributed by atoms with Crippen LogP contribution in [0.2, 0.25) is 0 Å². The number of benzene rings is 3. The van der Waals surface area contributed by atoms with Gasteiger partial charge in [-0.3, -0.25) is 0 Å². The smallest absolute Gasteiger partial charge is 0.143 e. The van der Waals surface area contributed by atoms with Crippen LogP contribution in [-0.2, 0) is 0 Å². The maximum atomic E-state index is 10.8. The molecule has 0 radical (unpaired) electrons. The average Bonchev–Trinajstić information content (AvgIpc) is 2.66. The minimum Gasteiger partial charge on any atom is -0.507 e. The molecule has 1 heterocycles. The molecule has 1 aliphatic rings. The van der Waals surface area contributed by atoms with Crippen molar-refractivity contribution in [2.24, 2.45) is 0 Å². The summed E-state index contributed by atoms with van der Waals surface area (Å²) in [5.41, 5.74) is 2.37. The van der Waals surface area contributed by atoms with E-state index in [0.29, 0.717) is 5.75 Å². The fourth-order valence-corrected chi connectivity index (χ4v) is 4.13. The summed E-state index contributed by atoms with van der Waals surface area (Å²) in [6.07, 6.45) is 3.86. The lowest BCUT2D eigenvalue weighted by Gasteiger charge is -2.33.